The molecular weight excluding hydrogens is 534 g/mol. The zero-order valence-corrected chi connectivity index (χ0v) is 21.8. The fourth-order valence-corrected chi connectivity index (χ4v) is 5.48. The molecule has 0 atom stereocenters. The summed E-state index contributed by atoms with van der Waals surface area (Å²) < 4.78 is 20.0. The van der Waals surface area contributed by atoms with E-state index in [9.17, 15) is 4.39 Å². The highest BCUT2D eigenvalue weighted by Gasteiger charge is 2.24. The van der Waals surface area contributed by atoms with Crippen LogP contribution in [0.25, 0.3) is 44.7 Å². The first-order valence-electron chi connectivity index (χ1n) is 12.3. The van der Waals surface area contributed by atoms with Crippen LogP contribution in [0, 0.1) is 5.82 Å². The molecule has 3 aromatic heterocycles. The van der Waals surface area contributed by atoms with Crippen LogP contribution in [0.3, 0.4) is 0 Å². The van der Waals surface area contributed by atoms with Crippen molar-refractivity contribution >= 4 is 45.0 Å². The number of hydrogen-bond acceptors (Lipinski definition) is 3. The number of fused-ring (bicyclic) bond motifs is 2. The second kappa shape index (κ2) is 9.42. The van der Waals surface area contributed by atoms with Crippen LogP contribution in [0.5, 0.6) is 0 Å². The van der Waals surface area contributed by atoms with E-state index in [0.29, 0.717) is 15.9 Å². The molecule has 0 bridgehead atoms. The van der Waals surface area contributed by atoms with Crippen LogP contribution in [0.4, 0.5) is 4.39 Å². The maximum absolute atomic E-state index is 14.2. The quantitative estimate of drug-likeness (QED) is 0.224. The Kier molecular flexibility index (Phi) is 5.72. The molecule has 7 rings (SSSR count). The van der Waals surface area contributed by atoms with Crippen molar-refractivity contribution in [2.75, 3.05) is 0 Å². The summed E-state index contributed by atoms with van der Waals surface area (Å²) in [5.41, 5.74) is 6.22. The van der Waals surface area contributed by atoms with Gasteiger partial charge in [-0.15, -0.1) is 10.2 Å². The molecule has 7 aromatic rings. The molecule has 0 fully saturated rings. The van der Waals surface area contributed by atoms with Gasteiger partial charge in [0, 0.05) is 55.7 Å². The highest BCUT2D eigenvalue weighted by Crippen LogP contribution is 2.41. The molecule has 3 heterocycles. The van der Waals surface area contributed by atoms with Gasteiger partial charge in [0.25, 0.3) is 5.89 Å². The lowest BCUT2D eigenvalue weighted by molar-refractivity contribution is 0.570. The first-order chi connectivity index (χ1) is 19.0. The maximum Gasteiger partial charge on any atom is 0.251 e. The molecule has 5 nitrogen and oxygen atoms in total. The molecule has 0 saturated carbocycles. The molecule has 0 aliphatic rings. The molecule has 0 saturated heterocycles. The van der Waals surface area contributed by atoms with Gasteiger partial charge in [0.15, 0.2) is 0 Å². The molecule has 0 spiro atoms. The largest absolute Gasteiger partial charge is 0.416 e. The van der Waals surface area contributed by atoms with Gasteiger partial charge in [0.1, 0.15) is 5.82 Å². The minimum Gasteiger partial charge on any atom is -0.416 e. The Bertz CT molecular complexity index is 1890. The highest BCUT2D eigenvalue weighted by atomic mass is 35.5. The molecular formula is C31H19Cl2FN4O. The first kappa shape index (κ1) is 23.7. The standard InChI is InChI=1S/C31H19Cl2FN4O/c32-19-9-11-27-22(13-19)24(15-35-27)29(25-16-36-28-12-10-20(33)14-23(25)28)17-5-7-18(8-6-17)30-37-38-31(39-30)21-3-1-2-4-26(21)34/h1-16,29,35-36H. The molecule has 0 radical (unpaired) electrons. The molecule has 4 aromatic carbocycles. The number of nitrogens with zero attached hydrogens (tertiary/aromatic N) is 2. The van der Waals surface area contributed by atoms with Crippen molar-refractivity contribution in [2.45, 2.75) is 5.92 Å². The van der Waals surface area contributed by atoms with E-state index in [2.05, 4.69) is 20.2 Å². The molecule has 8 heteroatoms. The molecule has 190 valence electrons. The molecule has 0 amide bonds. The SMILES string of the molecule is Fc1ccccc1-c1nnc(-c2ccc(C(c3c[nH]c4ccc(Cl)cc34)c3c[nH]c4ccc(Cl)cc34)cc2)o1. The van der Waals surface area contributed by atoms with Crippen molar-refractivity contribution in [1.29, 1.82) is 0 Å². The van der Waals surface area contributed by atoms with Crippen LogP contribution >= 0.6 is 23.2 Å². The minimum atomic E-state index is -0.413. The summed E-state index contributed by atoms with van der Waals surface area (Å²) >= 11 is 12.8. The second-order valence-electron chi connectivity index (χ2n) is 9.32. The van der Waals surface area contributed by atoms with Crippen LogP contribution in [-0.4, -0.2) is 20.2 Å². The van der Waals surface area contributed by atoms with Crippen LogP contribution in [0.15, 0.2) is 102 Å². The number of nitrogens with one attached hydrogen (secondary N) is 2. The monoisotopic (exact) mass is 552 g/mol. The summed E-state index contributed by atoms with van der Waals surface area (Å²) in [6, 6.07) is 26.0. The lowest BCUT2D eigenvalue weighted by Crippen LogP contribution is -2.02. The average Bonchev–Trinajstić information content (AvgIpc) is 3.69. The number of hydrogen-bond donors (Lipinski definition) is 2. The van der Waals surface area contributed by atoms with Crippen molar-refractivity contribution in [3.05, 3.63) is 130 Å². The Morgan fingerprint density at radius 1 is 0.692 bits per heavy atom. The lowest BCUT2D eigenvalue weighted by Gasteiger charge is -2.18. The van der Waals surface area contributed by atoms with E-state index in [1.165, 1.54) is 6.07 Å². The van der Waals surface area contributed by atoms with Crippen LogP contribution in [0.1, 0.15) is 22.6 Å². The van der Waals surface area contributed by atoms with Crippen molar-refractivity contribution in [3.8, 4) is 22.9 Å². The predicted octanol–water partition coefficient (Wildman–Crippen LogP) is 8.99. The summed E-state index contributed by atoms with van der Waals surface area (Å²) in [6.07, 6.45) is 4.06. The Morgan fingerprint density at radius 2 is 1.28 bits per heavy atom. The number of aromatic amines is 2. The van der Waals surface area contributed by atoms with Gasteiger partial charge in [-0.05, 0) is 77.4 Å². The summed E-state index contributed by atoms with van der Waals surface area (Å²) in [5.74, 6) is -0.0933. The van der Waals surface area contributed by atoms with Crippen LogP contribution in [-0.2, 0) is 0 Å². The summed E-state index contributed by atoms with van der Waals surface area (Å²) in [7, 11) is 0. The number of aromatic nitrogens is 4. The van der Waals surface area contributed by atoms with Gasteiger partial charge >= 0.3 is 0 Å². The Hall–Kier alpha value is -4.39. The molecule has 0 aliphatic heterocycles. The van der Waals surface area contributed by atoms with E-state index in [1.54, 1.807) is 18.2 Å². The zero-order valence-electron chi connectivity index (χ0n) is 20.3. The van der Waals surface area contributed by atoms with E-state index >= 15 is 0 Å². The number of H-pyrrole nitrogens is 2. The van der Waals surface area contributed by atoms with Crippen molar-refractivity contribution in [3.63, 3.8) is 0 Å². The Labute approximate surface area is 232 Å². The van der Waals surface area contributed by atoms with Crippen LogP contribution in [0.2, 0.25) is 10.0 Å². The molecule has 0 unspecified atom stereocenters. The van der Waals surface area contributed by atoms with E-state index in [4.69, 9.17) is 27.6 Å². The number of rotatable bonds is 5. The normalized spacial score (nSPS) is 11.7. The van der Waals surface area contributed by atoms with Crippen molar-refractivity contribution < 1.29 is 8.81 Å². The zero-order chi connectivity index (χ0) is 26.5. The van der Waals surface area contributed by atoms with Gasteiger partial charge in [0.05, 0.1) is 5.56 Å². The predicted molar refractivity (Wildman–Crippen MR) is 153 cm³/mol. The third-order valence-corrected chi connectivity index (χ3v) is 7.46. The summed E-state index contributed by atoms with van der Waals surface area (Å²) in [6.45, 7) is 0. The van der Waals surface area contributed by atoms with E-state index in [0.717, 1.165) is 44.1 Å². The molecule has 2 N–H and O–H groups in total. The Balaban J connectivity index is 1.34. The topological polar surface area (TPSA) is 70.5 Å². The second-order valence-corrected chi connectivity index (χ2v) is 10.2. The van der Waals surface area contributed by atoms with Gasteiger partial charge in [-0.25, -0.2) is 4.39 Å². The molecule has 0 aliphatic carbocycles. The fourth-order valence-electron chi connectivity index (χ4n) is 5.13. The smallest absolute Gasteiger partial charge is 0.251 e. The average molecular weight is 553 g/mol. The van der Waals surface area contributed by atoms with Gasteiger partial charge in [-0.2, -0.15) is 0 Å². The summed E-state index contributed by atoms with van der Waals surface area (Å²) in [5, 5.41) is 11.6. The highest BCUT2D eigenvalue weighted by molar-refractivity contribution is 6.31. The van der Waals surface area contributed by atoms with E-state index < -0.39 is 5.82 Å². The fraction of sp³-hybridized carbons (Fsp3) is 0.0323. The van der Waals surface area contributed by atoms with E-state index in [1.807, 2.05) is 73.1 Å². The third-order valence-electron chi connectivity index (χ3n) is 6.99. The van der Waals surface area contributed by atoms with Gasteiger partial charge in [0.2, 0.25) is 5.89 Å². The number of halogens is 3. The summed E-state index contributed by atoms with van der Waals surface area (Å²) in [4.78, 5) is 6.78. The van der Waals surface area contributed by atoms with Gasteiger partial charge in [-0.3, -0.25) is 0 Å². The van der Waals surface area contributed by atoms with Gasteiger partial charge in [-0.1, -0.05) is 47.5 Å². The van der Waals surface area contributed by atoms with E-state index in [-0.39, 0.29) is 17.4 Å². The van der Waals surface area contributed by atoms with Crippen molar-refractivity contribution in [1.82, 2.24) is 20.2 Å². The lowest BCUT2D eigenvalue weighted by atomic mass is 9.84. The Morgan fingerprint density at radius 3 is 1.90 bits per heavy atom. The third kappa shape index (κ3) is 4.18. The molecule has 39 heavy (non-hydrogen) atoms. The maximum atomic E-state index is 14.2. The number of benzene rings is 4. The van der Waals surface area contributed by atoms with Crippen molar-refractivity contribution in [2.24, 2.45) is 0 Å². The van der Waals surface area contributed by atoms with Gasteiger partial charge < -0.3 is 14.4 Å². The van der Waals surface area contributed by atoms with Crippen LogP contribution < -0.4 is 0 Å². The first-order valence-corrected chi connectivity index (χ1v) is 13.0. The minimum absolute atomic E-state index is 0.129.